The number of hydrogen-bond donors (Lipinski definition) is 2. The molecule has 0 fully saturated rings. The van der Waals surface area contributed by atoms with Crippen LogP contribution in [0.5, 0.6) is 0 Å². The fourth-order valence-corrected chi connectivity index (χ4v) is 3.81. The lowest BCUT2D eigenvalue weighted by atomic mass is 10.3. The van der Waals surface area contributed by atoms with E-state index in [-0.39, 0.29) is 24.9 Å². The largest absolute Gasteiger partial charge is 0.389 e. The molecule has 0 aromatic carbocycles. The summed E-state index contributed by atoms with van der Waals surface area (Å²) >= 11 is 13.9. The molecule has 0 radical (unpaired) electrons. The van der Waals surface area contributed by atoms with Crippen LogP contribution in [0.25, 0.3) is 0 Å². The summed E-state index contributed by atoms with van der Waals surface area (Å²) in [7, 11) is 1.58. The number of rotatable bonds is 6. The standard InChI is InChI=1S/C14H14Cl2N2O3S2/c1-18(14(21)10-3-5-12(16)23-10)7-8(19)6-17-13(20)9-2-4-11(15)22-9/h2-5,8,19H,6-7H2,1H3,(H,17,20)/t8-/m0/s1. The Hall–Kier alpha value is -1.12. The summed E-state index contributed by atoms with van der Waals surface area (Å²) in [6.45, 7) is 0.136. The summed E-state index contributed by atoms with van der Waals surface area (Å²) in [5, 5.41) is 12.6. The Labute approximate surface area is 151 Å². The Kier molecular flexibility index (Phi) is 6.43. The van der Waals surface area contributed by atoms with Gasteiger partial charge in [-0.3, -0.25) is 9.59 Å². The molecule has 2 N–H and O–H groups in total. The molecule has 2 aromatic rings. The molecule has 5 nitrogen and oxygen atoms in total. The number of nitrogens with one attached hydrogen (secondary N) is 1. The highest BCUT2D eigenvalue weighted by Gasteiger charge is 2.18. The summed E-state index contributed by atoms with van der Waals surface area (Å²) < 4.78 is 1.06. The molecule has 1 atom stereocenters. The smallest absolute Gasteiger partial charge is 0.263 e. The molecular formula is C14H14Cl2N2O3S2. The van der Waals surface area contributed by atoms with Gasteiger partial charge in [-0.2, -0.15) is 0 Å². The summed E-state index contributed by atoms with van der Waals surface area (Å²) in [4.78, 5) is 26.3. The van der Waals surface area contributed by atoms with Crippen LogP contribution in [0.4, 0.5) is 0 Å². The third kappa shape index (κ3) is 5.19. The Morgan fingerprint density at radius 3 is 2.26 bits per heavy atom. The first kappa shape index (κ1) is 18.2. The first-order valence-electron chi connectivity index (χ1n) is 6.59. The number of aliphatic hydroxyl groups is 1. The van der Waals surface area contributed by atoms with Crippen molar-refractivity contribution in [2.24, 2.45) is 0 Å². The minimum absolute atomic E-state index is 0.0389. The number of carbonyl (C=O) groups is 2. The molecule has 2 aromatic heterocycles. The van der Waals surface area contributed by atoms with Gasteiger partial charge in [0.25, 0.3) is 11.8 Å². The normalized spacial score (nSPS) is 12.0. The summed E-state index contributed by atoms with van der Waals surface area (Å²) in [5.74, 6) is -0.530. The zero-order chi connectivity index (χ0) is 17.0. The monoisotopic (exact) mass is 392 g/mol. The molecular weight excluding hydrogens is 379 g/mol. The van der Waals surface area contributed by atoms with Crippen molar-refractivity contribution in [2.45, 2.75) is 6.10 Å². The van der Waals surface area contributed by atoms with Gasteiger partial charge in [0.1, 0.15) is 0 Å². The quantitative estimate of drug-likeness (QED) is 0.793. The molecule has 0 saturated carbocycles. The molecule has 0 unspecified atom stereocenters. The molecule has 2 rings (SSSR count). The van der Waals surface area contributed by atoms with E-state index in [1.807, 2.05) is 0 Å². The third-order valence-corrected chi connectivity index (χ3v) is 5.36. The van der Waals surface area contributed by atoms with Crippen molar-refractivity contribution in [2.75, 3.05) is 20.1 Å². The van der Waals surface area contributed by atoms with Crippen LogP contribution < -0.4 is 5.32 Å². The fraction of sp³-hybridized carbons (Fsp3) is 0.286. The van der Waals surface area contributed by atoms with Crippen LogP contribution in [0, 0.1) is 0 Å². The Morgan fingerprint density at radius 2 is 1.74 bits per heavy atom. The molecule has 0 aliphatic heterocycles. The molecule has 124 valence electrons. The van der Waals surface area contributed by atoms with E-state index in [1.165, 1.54) is 16.2 Å². The lowest BCUT2D eigenvalue weighted by molar-refractivity contribution is 0.0676. The maximum Gasteiger partial charge on any atom is 0.263 e. The number of hydrogen-bond acceptors (Lipinski definition) is 5. The summed E-state index contributed by atoms with van der Waals surface area (Å²) in [6, 6.07) is 6.54. The van der Waals surface area contributed by atoms with Crippen LogP contribution in [0.15, 0.2) is 24.3 Å². The van der Waals surface area contributed by atoms with E-state index in [1.54, 1.807) is 31.3 Å². The van der Waals surface area contributed by atoms with Gasteiger partial charge < -0.3 is 15.3 Å². The second-order valence-corrected chi connectivity index (χ2v) is 8.19. The Bertz CT molecular complexity index is 702. The fourth-order valence-electron chi connectivity index (χ4n) is 1.81. The minimum Gasteiger partial charge on any atom is -0.389 e. The van der Waals surface area contributed by atoms with E-state index in [4.69, 9.17) is 23.2 Å². The second-order valence-electron chi connectivity index (χ2n) is 4.76. The van der Waals surface area contributed by atoms with E-state index >= 15 is 0 Å². The van der Waals surface area contributed by atoms with Crippen molar-refractivity contribution in [1.29, 1.82) is 0 Å². The van der Waals surface area contributed by atoms with Crippen molar-refractivity contribution in [3.63, 3.8) is 0 Å². The highest BCUT2D eigenvalue weighted by molar-refractivity contribution is 7.18. The zero-order valence-electron chi connectivity index (χ0n) is 12.1. The lowest BCUT2D eigenvalue weighted by Crippen LogP contribution is -2.40. The van der Waals surface area contributed by atoms with Gasteiger partial charge in [0, 0.05) is 20.1 Å². The zero-order valence-corrected chi connectivity index (χ0v) is 15.2. The Balaban J connectivity index is 1.81. The molecule has 9 heteroatoms. The van der Waals surface area contributed by atoms with Gasteiger partial charge in [-0.1, -0.05) is 23.2 Å². The van der Waals surface area contributed by atoms with E-state index in [0.29, 0.717) is 18.4 Å². The van der Waals surface area contributed by atoms with Crippen molar-refractivity contribution in [3.8, 4) is 0 Å². The number of likely N-dealkylation sites (N-methyl/N-ethyl adjacent to an activating group) is 1. The van der Waals surface area contributed by atoms with E-state index in [0.717, 1.165) is 11.3 Å². The maximum atomic E-state index is 12.1. The lowest BCUT2D eigenvalue weighted by Gasteiger charge is -2.20. The average Bonchev–Trinajstić information content (AvgIpc) is 3.12. The third-order valence-electron chi connectivity index (χ3n) is 2.91. The van der Waals surface area contributed by atoms with Crippen LogP contribution in [-0.2, 0) is 0 Å². The predicted molar refractivity (Wildman–Crippen MR) is 94.0 cm³/mol. The van der Waals surface area contributed by atoms with E-state index in [9.17, 15) is 14.7 Å². The summed E-state index contributed by atoms with van der Waals surface area (Å²) in [6.07, 6.45) is -0.876. The van der Waals surface area contributed by atoms with Gasteiger partial charge >= 0.3 is 0 Å². The topological polar surface area (TPSA) is 69.6 Å². The van der Waals surface area contributed by atoms with E-state index in [2.05, 4.69) is 5.32 Å². The van der Waals surface area contributed by atoms with Gasteiger partial charge in [-0.25, -0.2) is 0 Å². The van der Waals surface area contributed by atoms with Gasteiger partial charge in [-0.15, -0.1) is 22.7 Å². The van der Waals surface area contributed by atoms with Gasteiger partial charge in [-0.05, 0) is 24.3 Å². The first-order valence-corrected chi connectivity index (χ1v) is 8.98. The molecule has 0 aliphatic carbocycles. The highest BCUT2D eigenvalue weighted by Crippen LogP contribution is 2.22. The SMILES string of the molecule is CN(C[C@@H](O)CNC(=O)c1ccc(Cl)s1)C(=O)c1ccc(Cl)s1. The van der Waals surface area contributed by atoms with Crippen molar-refractivity contribution >= 4 is 57.7 Å². The van der Waals surface area contributed by atoms with Gasteiger partial charge in [0.15, 0.2) is 0 Å². The molecule has 23 heavy (non-hydrogen) atoms. The Morgan fingerprint density at radius 1 is 1.17 bits per heavy atom. The van der Waals surface area contributed by atoms with Crippen LogP contribution in [-0.4, -0.2) is 48.1 Å². The van der Waals surface area contributed by atoms with Crippen LogP contribution >= 0.6 is 45.9 Å². The highest BCUT2D eigenvalue weighted by atomic mass is 35.5. The number of aliphatic hydroxyl groups excluding tert-OH is 1. The predicted octanol–water partition coefficient (Wildman–Crippen LogP) is 2.98. The van der Waals surface area contributed by atoms with Crippen LogP contribution in [0.2, 0.25) is 8.67 Å². The number of halogens is 2. The average molecular weight is 393 g/mol. The molecule has 0 spiro atoms. The van der Waals surface area contributed by atoms with Crippen LogP contribution in [0.1, 0.15) is 19.3 Å². The molecule has 0 aliphatic rings. The maximum absolute atomic E-state index is 12.1. The number of thiophene rings is 2. The number of amides is 2. The van der Waals surface area contributed by atoms with Crippen molar-refractivity contribution < 1.29 is 14.7 Å². The molecule has 2 amide bonds. The summed E-state index contributed by atoms with van der Waals surface area (Å²) in [5.41, 5.74) is 0. The van der Waals surface area contributed by atoms with Gasteiger partial charge in [0.05, 0.1) is 24.5 Å². The molecule has 2 heterocycles. The molecule has 0 saturated heterocycles. The molecule has 0 bridgehead atoms. The second kappa shape index (κ2) is 8.12. The number of nitrogens with zero attached hydrogens (tertiary/aromatic N) is 1. The van der Waals surface area contributed by atoms with E-state index < -0.39 is 6.10 Å². The van der Waals surface area contributed by atoms with Crippen LogP contribution in [0.3, 0.4) is 0 Å². The first-order chi connectivity index (χ1) is 10.9. The number of carbonyl (C=O) groups excluding carboxylic acids is 2. The minimum atomic E-state index is -0.876. The van der Waals surface area contributed by atoms with Crippen molar-refractivity contribution in [1.82, 2.24) is 10.2 Å². The van der Waals surface area contributed by atoms with Crippen molar-refractivity contribution in [3.05, 3.63) is 42.7 Å². The van der Waals surface area contributed by atoms with Gasteiger partial charge in [0.2, 0.25) is 0 Å².